The molecule has 152 valence electrons. The third-order valence-corrected chi connectivity index (χ3v) is 6.26. The number of aryl methyl sites for hydroxylation is 1. The lowest BCUT2D eigenvalue weighted by Crippen LogP contribution is -2.48. The fourth-order valence-corrected chi connectivity index (χ4v) is 4.64. The molecule has 0 radical (unpaired) electrons. The van der Waals surface area contributed by atoms with Crippen LogP contribution < -0.4 is 4.74 Å². The van der Waals surface area contributed by atoms with Crippen molar-refractivity contribution in [3.8, 4) is 5.75 Å². The van der Waals surface area contributed by atoms with Crippen LogP contribution in [-0.2, 0) is 17.9 Å². The molecule has 0 N–H and O–H groups in total. The van der Waals surface area contributed by atoms with Crippen molar-refractivity contribution in [3.63, 3.8) is 0 Å². The summed E-state index contributed by atoms with van der Waals surface area (Å²) in [6, 6.07) is 8.60. The molecule has 2 unspecified atom stereocenters. The van der Waals surface area contributed by atoms with Crippen LogP contribution in [0.25, 0.3) is 0 Å². The van der Waals surface area contributed by atoms with Crippen LogP contribution in [0.4, 0.5) is 0 Å². The maximum atomic E-state index is 12.8. The van der Waals surface area contributed by atoms with Crippen molar-refractivity contribution in [1.82, 2.24) is 19.7 Å². The highest BCUT2D eigenvalue weighted by Crippen LogP contribution is 2.25. The van der Waals surface area contributed by atoms with Gasteiger partial charge in [0, 0.05) is 18.6 Å². The number of nitrogens with zero attached hydrogens (tertiary/aromatic N) is 4. The minimum absolute atomic E-state index is 0.188. The van der Waals surface area contributed by atoms with E-state index in [1.165, 1.54) is 23.7 Å². The van der Waals surface area contributed by atoms with E-state index in [9.17, 15) is 4.79 Å². The van der Waals surface area contributed by atoms with Crippen molar-refractivity contribution < 1.29 is 9.53 Å². The van der Waals surface area contributed by atoms with E-state index in [-0.39, 0.29) is 5.91 Å². The number of piperidine rings is 1. The number of carbonyl (C=O) groups excluding carboxylic acids is 1. The minimum atomic E-state index is 0.188. The Bertz CT molecular complexity index is 780. The summed E-state index contributed by atoms with van der Waals surface area (Å²) >= 11 is 1.46. The van der Waals surface area contributed by atoms with Crippen LogP contribution in [0.15, 0.2) is 29.4 Å². The van der Waals surface area contributed by atoms with Gasteiger partial charge in [-0.2, -0.15) is 0 Å². The smallest absolute Gasteiger partial charge is 0.233 e. The summed E-state index contributed by atoms with van der Waals surface area (Å²) in [5, 5.41) is 9.35. The predicted octanol–water partition coefficient (Wildman–Crippen LogP) is 4.07. The van der Waals surface area contributed by atoms with Gasteiger partial charge in [0.25, 0.3) is 0 Å². The quantitative estimate of drug-likeness (QED) is 0.654. The van der Waals surface area contributed by atoms with Crippen LogP contribution >= 0.6 is 11.8 Å². The zero-order valence-electron chi connectivity index (χ0n) is 17.2. The topological polar surface area (TPSA) is 60.2 Å². The summed E-state index contributed by atoms with van der Waals surface area (Å²) in [5.41, 5.74) is 1.20. The van der Waals surface area contributed by atoms with Crippen molar-refractivity contribution in [2.75, 3.05) is 5.75 Å². The third-order valence-electron chi connectivity index (χ3n) is 5.30. The maximum Gasteiger partial charge on any atom is 0.233 e. The van der Waals surface area contributed by atoms with E-state index in [0.717, 1.165) is 36.1 Å². The minimum Gasteiger partial charge on any atom is -0.486 e. The number of aromatic nitrogens is 3. The number of hydrogen-bond acceptors (Lipinski definition) is 5. The average molecular weight is 403 g/mol. The summed E-state index contributed by atoms with van der Waals surface area (Å²) in [6.07, 6.45) is 3.38. The molecule has 1 saturated heterocycles. The van der Waals surface area contributed by atoms with Crippen molar-refractivity contribution in [1.29, 1.82) is 0 Å². The van der Waals surface area contributed by atoms with Gasteiger partial charge in [0.2, 0.25) is 5.91 Å². The van der Waals surface area contributed by atoms with E-state index < -0.39 is 0 Å². The standard InChI is InChI=1S/C21H30N4O2S/c1-5-24-19(13-27-18-11-9-15(2)10-12-18)22-23-21(24)28-14-20(26)25-16(3)7-6-8-17(25)4/h9-12,16-17H,5-8,13-14H2,1-4H3. The number of carbonyl (C=O) groups is 1. The third kappa shape index (κ3) is 4.87. The summed E-state index contributed by atoms with van der Waals surface area (Å²) in [4.78, 5) is 14.8. The first-order valence-corrected chi connectivity index (χ1v) is 11.0. The fraction of sp³-hybridized carbons (Fsp3) is 0.571. The first kappa shape index (κ1) is 20.7. The summed E-state index contributed by atoms with van der Waals surface area (Å²) in [7, 11) is 0. The lowest BCUT2D eigenvalue weighted by atomic mass is 9.98. The molecule has 1 amide bonds. The molecule has 1 aliphatic heterocycles. The summed E-state index contributed by atoms with van der Waals surface area (Å²) in [5.74, 6) is 2.17. The van der Waals surface area contributed by atoms with Gasteiger partial charge >= 0.3 is 0 Å². The molecule has 6 nitrogen and oxygen atoms in total. The zero-order valence-corrected chi connectivity index (χ0v) is 18.0. The van der Waals surface area contributed by atoms with Crippen molar-refractivity contribution in [3.05, 3.63) is 35.7 Å². The van der Waals surface area contributed by atoms with Gasteiger partial charge in [-0.3, -0.25) is 4.79 Å². The molecule has 2 aromatic rings. The van der Waals surface area contributed by atoms with E-state index in [1.54, 1.807) is 0 Å². The number of rotatable bonds is 7. The Labute approximate surface area is 171 Å². The Morgan fingerprint density at radius 1 is 1.18 bits per heavy atom. The molecular weight excluding hydrogens is 372 g/mol. The Balaban J connectivity index is 1.60. The maximum absolute atomic E-state index is 12.8. The highest BCUT2D eigenvalue weighted by atomic mass is 32.2. The fourth-order valence-electron chi connectivity index (χ4n) is 3.75. The van der Waals surface area contributed by atoms with Gasteiger partial charge < -0.3 is 14.2 Å². The largest absolute Gasteiger partial charge is 0.486 e. The molecule has 1 aliphatic rings. The van der Waals surface area contributed by atoms with Crippen LogP contribution in [0, 0.1) is 6.92 Å². The van der Waals surface area contributed by atoms with E-state index in [2.05, 4.69) is 31.0 Å². The monoisotopic (exact) mass is 402 g/mol. The molecule has 2 atom stereocenters. The molecule has 0 spiro atoms. The second-order valence-electron chi connectivity index (χ2n) is 7.46. The van der Waals surface area contributed by atoms with Gasteiger partial charge in [0.15, 0.2) is 11.0 Å². The molecule has 0 aliphatic carbocycles. The normalized spacial score (nSPS) is 19.6. The highest BCUT2D eigenvalue weighted by Gasteiger charge is 2.29. The average Bonchev–Trinajstić information content (AvgIpc) is 3.07. The SMILES string of the molecule is CCn1c(COc2ccc(C)cc2)nnc1SCC(=O)N1C(C)CCCC1C. The summed E-state index contributed by atoms with van der Waals surface area (Å²) in [6.45, 7) is 9.50. The van der Waals surface area contributed by atoms with Crippen LogP contribution in [0.3, 0.4) is 0 Å². The van der Waals surface area contributed by atoms with E-state index in [1.807, 2.05) is 40.7 Å². The lowest BCUT2D eigenvalue weighted by Gasteiger charge is -2.39. The number of ether oxygens (including phenoxy) is 1. The number of amides is 1. The molecule has 0 bridgehead atoms. The van der Waals surface area contributed by atoms with E-state index in [0.29, 0.717) is 24.4 Å². The Hall–Kier alpha value is -2.02. The van der Waals surface area contributed by atoms with Crippen LogP contribution in [0.5, 0.6) is 5.75 Å². The van der Waals surface area contributed by atoms with Gasteiger partial charge in [0.05, 0.1) is 5.75 Å². The Morgan fingerprint density at radius 2 is 1.86 bits per heavy atom. The first-order chi connectivity index (χ1) is 13.5. The number of likely N-dealkylation sites (tertiary alicyclic amines) is 1. The van der Waals surface area contributed by atoms with E-state index in [4.69, 9.17) is 4.74 Å². The number of hydrogen-bond donors (Lipinski definition) is 0. The van der Waals surface area contributed by atoms with Gasteiger partial charge in [0.1, 0.15) is 12.4 Å². The molecule has 1 aromatic heterocycles. The molecule has 7 heteroatoms. The molecule has 0 saturated carbocycles. The van der Waals surface area contributed by atoms with Crippen molar-refractivity contribution >= 4 is 17.7 Å². The van der Waals surface area contributed by atoms with Gasteiger partial charge in [-0.05, 0) is 59.1 Å². The second kappa shape index (κ2) is 9.45. The molecule has 3 rings (SSSR count). The Morgan fingerprint density at radius 3 is 2.50 bits per heavy atom. The van der Waals surface area contributed by atoms with E-state index >= 15 is 0 Å². The molecule has 2 heterocycles. The van der Waals surface area contributed by atoms with Crippen LogP contribution in [-0.4, -0.2) is 43.4 Å². The highest BCUT2D eigenvalue weighted by molar-refractivity contribution is 7.99. The molecule has 1 aromatic carbocycles. The van der Waals surface area contributed by atoms with Gasteiger partial charge in [-0.1, -0.05) is 29.5 Å². The zero-order chi connectivity index (χ0) is 20.1. The summed E-state index contributed by atoms with van der Waals surface area (Å²) < 4.78 is 7.87. The lowest BCUT2D eigenvalue weighted by molar-refractivity contribution is -0.134. The van der Waals surface area contributed by atoms with Gasteiger partial charge in [-0.25, -0.2) is 0 Å². The predicted molar refractivity (Wildman–Crippen MR) is 112 cm³/mol. The second-order valence-corrected chi connectivity index (χ2v) is 8.41. The first-order valence-electron chi connectivity index (χ1n) is 10.0. The molecule has 28 heavy (non-hydrogen) atoms. The Kier molecular flexibility index (Phi) is 6.99. The van der Waals surface area contributed by atoms with Crippen molar-refractivity contribution in [2.24, 2.45) is 0 Å². The number of benzene rings is 1. The molecular formula is C21H30N4O2S. The van der Waals surface area contributed by atoms with Crippen molar-refractivity contribution in [2.45, 2.75) is 77.3 Å². The number of thioether (sulfide) groups is 1. The molecule has 1 fully saturated rings. The van der Waals surface area contributed by atoms with Crippen LogP contribution in [0.1, 0.15) is 51.4 Å². The van der Waals surface area contributed by atoms with Crippen LogP contribution in [0.2, 0.25) is 0 Å². The van der Waals surface area contributed by atoms with Gasteiger partial charge in [-0.15, -0.1) is 10.2 Å².